The predicted octanol–water partition coefficient (Wildman–Crippen LogP) is 4.75. The first-order chi connectivity index (χ1) is 15.2. The molecule has 3 rings (SSSR count). The highest BCUT2D eigenvalue weighted by Crippen LogP contribution is 2.26. The van der Waals surface area contributed by atoms with Crippen LogP contribution in [0.1, 0.15) is 21.5 Å². The van der Waals surface area contributed by atoms with Gasteiger partial charge in [0, 0.05) is 35.7 Å². The number of methoxy groups -OCH3 is 1. The summed E-state index contributed by atoms with van der Waals surface area (Å²) in [5, 5.41) is 1.17. The molecule has 0 fully saturated rings. The van der Waals surface area contributed by atoms with Gasteiger partial charge in [-0.25, -0.2) is 13.1 Å². The molecule has 0 spiro atoms. The lowest BCUT2D eigenvalue weighted by atomic mass is 10.1. The highest BCUT2D eigenvalue weighted by atomic mass is 35.5. The molecular weight excluding hydrogens is 471 g/mol. The van der Waals surface area contributed by atoms with E-state index in [-0.39, 0.29) is 28.7 Å². The number of rotatable bonds is 8. The Bertz CT molecular complexity index is 1200. The molecule has 1 amide bonds. The average Bonchev–Trinajstić information content (AvgIpc) is 2.79. The summed E-state index contributed by atoms with van der Waals surface area (Å²) >= 11 is 11.8. The molecule has 0 unspecified atom stereocenters. The molecule has 0 aliphatic carbocycles. The molecule has 0 saturated heterocycles. The van der Waals surface area contributed by atoms with E-state index in [1.165, 1.54) is 30.2 Å². The summed E-state index contributed by atoms with van der Waals surface area (Å²) in [7, 11) is -0.926. The monoisotopic (exact) mass is 492 g/mol. The first-order valence-corrected chi connectivity index (χ1v) is 11.9. The lowest BCUT2D eigenvalue weighted by Crippen LogP contribution is -2.27. The number of sulfonamides is 1. The second-order valence-corrected chi connectivity index (χ2v) is 9.71. The van der Waals surface area contributed by atoms with Gasteiger partial charge in [-0.2, -0.15) is 0 Å². The van der Waals surface area contributed by atoms with Gasteiger partial charge in [0.1, 0.15) is 10.6 Å². The van der Waals surface area contributed by atoms with Crippen molar-refractivity contribution in [3.8, 4) is 5.75 Å². The Morgan fingerprint density at radius 1 is 0.938 bits per heavy atom. The Labute approximate surface area is 197 Å². The van der Waals surface area contributed by atoms with E-state index >= 15 is 0 Å². The topological polar surface area (TPSA) is 75.7 Å². The molecule has 3 aromatic carbocycles. The van der Waals surface area contributed by atoms with Gasteiger partial charge in [0.15, 0.2) is 0 Å². The van der Waals surface area contributed by atoms with Crippen molar-refractivity contribution in [3.05, 3.63) is 93.5 Å². The Kier molecular flexibility index (Phi) is 7.79. The van der Waals surface area contributed by atoms with Crippen molar-refractivity contribution >= 4 is 39.1 Å². The van der Waals surface area contributed by atoms with Crippen LogP contribution in [0.15, 0.2) is 71.6 Å². The molecule has 0 bridgehead atoms. The van der Waals surface area contributed by atoms with Gasteiger partial charge >= 0.3 is 0 Å². The van der Waals surface area contributed by atoms with Crippen molar-refractivity contribution in [2.75, 3.05) is 14.2 Å². The van der Waals surface area contributed by atoms with Crippen LogP contribution in [0.25, 0.3) is 0 Å². The van der Waals surface area contributed by atoms with Gasteiger partial charge in [0.25, 0.3) is 5.91 Å². The van der Waals surface area contributed by atoms with E-state index in [0.29, 0.717) is 16.6 Å². The highest BCUT2D eigenvalue weighted by molar-refractivity contribution is 7.89. The van der Waals surface area contributed by atoms with Gasteiger partial charge in [-0.3, -0.25) is 4.79 Å². The Hall–Kier alpha value is -2.58. The minimum absolute atomic E-state index is 0.0668. The lowest BCUT2D eigenvalue weighted by Gasteiger charge is -2.19. The second kappa shape index (κ2) is 10.4. The zero-order chi connectivity index (χ0) is 23.3. The van der Waals surface area contributed by atoms with Gasteiger partial charge in [0.2, 0.25) is 10.0 Å². The van der Waals surface area contributed by atoms with E-state index in [0.717, 1.165) is 11.1 Å². The fourth-order valence-corrected chi connectivity index (χ4v) is 4.50. The molecule has 3 aromatic rings. The molecule has 1 N–H and O–H groups in total. The van der Waals surface area contributed by atoms with Crippen molar-refractivity contribution in [1.29, 1.82) is 0 Å². The maximum absolute atomic E-state index is 13.0. The molecule has 0 aliphatic rings. The number of hydrogen-bond acceptors (Lipinski definition) is 4. The number of nitrogens with zero attached hydrogens (tertiary/aromatic N) is 1. The molecular formula is C23H22Cl2N2O4S. The molecule has 168 valence electrons. The van der Waals surface area contributed by atoms with Gasteiger partial charge in [-0.15, -0.1) is 0 Å². The van der Waals surface area contributed by atoms with Crippen molar-refractivity contribution in [2.45, 2.75) is 18.0 Å². The van der Waals surface area contributed by atoms with E-state index in [9.17, 15) is 13.2 Å². The van der Waals surface area contributed by atoms with E-state index in [4.69, 9.17) is 27.9 Å². The summed E-state index contributed by atoms with van der Waals surface area (Å²) < 4.78 is 33.7. The fraction of sp³-hybridized carbons (Fsp3) is 0.174. The maximum atomic E-state index is 13.0. The Morgan fingerprint density at radius 2 is 1.50 bits per heavy atom. The summed E-state index contributed by atoms with van der Waals surface area (Å²) in [6.07, 6.45) is 0. The third kappa shape index (κ3) is 6.01. The summed E-state index contributed by atoms with van der Waals surface area (Å²) in [4.78, 5) is 14.3. The van der Waals surface area contributed by atoms with Gasteiger partial charge in [0.05, 0.1) is 7.11 Å². The van der Waals surface area contributed by atoms with E-state index in [1.54, 1.807) is 43.4 Å². The molecule has 0 atom stereocenters. The van der Waals surface area contributed by atoms with Crippen molar-refractivity contribution in [2.24, 2.45) is 0 Å². The highest BCUT2D eigenvalue weighted by Gasteiger charge is 2.23. The minimum atomic E-state index is -3.95. The number of hydrogen-bond donors (Lipinski definition) is 1. The van der Waals surface area contributed by atoms with Gasteiger partial charge in [-0.05, 0) is 53.6 Å². The third-order valence-electron chi connectivity index (χ3n) is 4.76. The predicted molar refractivity (Wildman–Crippen MR) is 126 cm³/mol. The number of amides is 1. The standard InChI is InChI=1S/C23H22Cl2N2O4S/c1-27(15-17-5-10-20(25)11-6-17)23(28)18-7-12-21(31-2)22(13-18)32(29,30)26-14-16-3-8-19(24)9-4-16/h3-13,26H,14-15H2,1-2H3. The SMILES string of the molecule is COc1ccc(C(=O)N(C)Cc2ccc(Cl)cc2)cc1S(=O)(=O)NCc1ccc(Cl)cc1. The fourth-order valence-electron chi connectivity index (χ4n) is 3.03. The van der Waals surface area contributed by atoms with E-state index in [2.05, 4.69) is 4.72 Å². The van der Waals surface area contributed by atoms with Crippen LogP contribution < -0.4 is 9.46 Å². The third-order valence-corrected chi connectivity index (χ3v) is 6.69. The minimum Gasteiger partial charge on any atom is -0.495 e. The number of halogens is 2. The van der Waals surface area contributed by atoms with Crippen LogP contribution in [0.4, 0.5) is 0 Å². The van der Waals surface area contributed by atoms with Crippen molar-refractivity contribution in [3.63, 3.8) is 0 Å². The Morgan fingerprint density at radius 3 is 2.06 bits per heavy atom. The number of benzene rings is 3. The smallest absolute Gasteiger partial charge is 0.253 e. The van der Waals surface area contributed by atoms with Crippen LogP contribution in [0, 0.1) is 0 Å². The molecule has 9 heteroatoms. The van der Waals surface area contributed by atoms with Crippen LogP contribution in [0.5, 0.6) is 5.75 Å². The van der Waals surface area contributed by atoms with E-state index < -0.39 is 10.0 Å². The van der Waals surface area contributed by atoms with Crippen LogP contribution in [-0.4, -0.2) is 33.4 Å². The average molecular weight is 493 g/mol. The summed E-state index contributed by atoms with van der Waals surface area (Å²) in [6.45, 7) is 0.413. The normalized spacial score (nSPS) is 11.2. The van der Waals surface area contributed by atoms with Crippen LogP contribution in [0.3, 0.4) is 0 Å². The summed E-state index contributed by atoms with van der Waals surface area (Å²) in [5.41, 5.74) is 1.87. The first kappa shape index (κ1) is 24.1. The molecule has 0 radical (unpaired) electrons. The van der Waals surface area contributed by atoms with Crippen molar-refractivity contribution < 1.29 is 17.9 Å². The maximum Gasteiger partial charge on any atom is 0.253 e. The van der Waals surface area contributed by atoms with Crippen LogP contribution in [-0.2, 0) is 23.1 Å². The summed E-state index contributed by atoms with van der Waals surface area (Å²) in [5.74, 6) is -0.178. The number of carbonyl (C=O) groups excluding carboxylic acids is 1. The number of ether oxygens (including phenoxy) is 1. The van der Waals surface area contributed by atoms with Crippen molar-refractivity contribution in [1.82, 2.24) is 9.62 Å². The van der Waals surface area contributed by atoms with E-state index in [1.807, 2.05) is 12.1 Å². The molecule has 0 saturated carbocycles. The Balaban J connectivity index is 1.81. The largest absolute Gasteiger partial charge is 0.495 e. The zero-order valence-corrected chi connectivity index (χ0v) is 19.8. The number of nitrogens with one attached hydrogen (secondary N) is 1. The quantitative estimate of drug-likeness (QED) is 0.492. The van der Waals surface area contributed by atoms with Crippen LogP contribution in [0.2, 0.25) is 10.0 Å². The molecule has 32 heavy (non-hydrogen) atoms. The summed E-state index contributed by atoms with van der Waals surface area (Å²) in [6, 6.07) is 18.3. The molecule has 0 aliphatic heterocycles. The van der Waals surface area contributed by atoms with Crippen LogP contribution >= 0.6 is 23.2 Å². The molecule has 0 aromatic heterocycles. The van der Waals surface area contributed by atoms with Gasteiger partial charge in [-0.1, -0.05) is 47.5 Å². The first-order valence-electron chi connectivity index (χ1n) is 9.61. The zero-order valence-electron chi connectivity index (χ0n) is 17.5. The molecule has 6 nitrogen and oxygen atoms in total. The molecule has 0 heterocycles. The lowest BCUT2D eigenvalue weighted by molar-refractivity contribution is 0.0785. The number of carbonyl (C=O) groups is 1. The van der Waals surface area contributed by atoms with Gasteiger partial charge < -0.3 is 9.64 Å². The second-order valence-electron chi connectivity index (χ2n) is 7.10.